The van der Waals surface area contributed by atoms with Crippen molar-refractivity contribution in [2.75, 3.05) is 78.5 Å². The quantitative estimate of drug-likeness (QED) is 0.0937. The number of hydrogen-bond donors (Lipinski definition) is 4. The summed E-state index contributed by atoms with van der Waals surface area (Å²) in [4.78, 5) is 221. The number of hydrogen-bond acceptors (Lipinski definition) is 17. The Balaban J connectivity index is 0.653. The third kappa shape index (κ3) is 14.4. The zero-order chi connectivity index (χ0) is 68.9. The van der Waals surface area contributed by atoms with E-state index in [0.29, 0.717) is 148 Å². The molecule has 0 aliphatic carbocycles. The molecular weight excluding hydrogens is 1260 g/mol. The maximum absolute atomic E-state index is 14.8. The minimum Gasteiger partial charge on any atom is -0.444 e. The summed E-state index contributed by atoms with van der Waals surface area (Å²) in [7, 11) is 0. The van der Waals surface area contributed by atoms with Gasteiger partial charge in [0.2, 0.25) is 76.8 Å². The number of para-hydroxylation sites is 1. The number of ether oxygens (including phenoxy) is 1. The molecule has 0 saturated carbocycles. The molecule has 0 spiro atoms. The fourth-order valence-corrected chi connectivity index (χ4v) is 16.6. The minimum absolute atomic E-state index is 0.138. The highest BCUT2D eigenvalue weighted by Gasteiger charge is 2.53. The van der Waals surface area contributed by atoms with Gasteiger partial charge in [0.15, 0.2) is 0 Å². The van der Waals surface area contributed by atoms with Crippen LogP contribution in [0.4, 0.5) is 10.5 Å². The largest absolute Gasteiger partial charge is 0.444 e. The van der Waals surface area contributed by atoms with Gasteiger partial charge in [0.05, 0.1) is 23.6 Å². The fraction of sp³-hybridized carbons (Fsp3) is 0.692. The van der Waals surface area contributed by atoms with Gasteiger partial charge in [-0.15, -0.1) is 0 Å². The maximum Gasteiger partial charge on any atom is 0.408 e. The van der Waals surface area contributed by atoms with E-state index in [0.717, 1.165) is 0 Å². The molecule has 526 valence electrons. The van der Waals surface area contributed by atoms with Crippen molar-refractivity contribution >= 4 is 88.6 Å². The zero-order valence-electron chi connectivity index (χ0n) is 54.9. The van der Waals surface area contributed by atoms with E-state index in [1.807, 2.05) is 0 Å². The van der Waals surface area contributed by atoms with E-state index in [9.17, 15) is 77.2 Å². The third-order valence-corrected chi connectivity index (χ3v) is 21.4. The molecule has 11 atom stereocenters. The molecule has 32 nitrogen and oxygen atoms in total. The Morgan fingerprint density at radius 2 is 0.711 bits per heavy atom. The zero-order valence-corrected chi connectivity index (χ0v) is 54.9. The summed E-state index contributed by atoms with van der Waals surface area (Å²) in [6, 6.07) is -4.14. The number of rotatable bonds is 19. The van der Waals surface area contributed by atoms with Crippen LogP contribution in [0.2, 0.25) is 0 Å². The highest BCUT2D eigenvalue weighted by atomic mass is 16.6. The summed E-state index contributed by atoms with van der Waals surface area (Å²) in [5.41, 5.74) is 5.52. The first-order valence-corrected chi connectivity index (χ1v) is 34.7. The maximum atomic E-state index is 14.8. The van der Waals surface area contributed by atoms with Gasteiger partial charge in [-0.05, 0) is 141 Å². The second-order valence-electron chi connectivity index (χ2n) is 27.2. The first-order valence-electron chi connectivity index (χ1n) is 34.7. The van der Waals surface area contributed by atoms with E-state index in [4.69, 9.17) is 10.5 Å². The molecule has 14 amide bonds. The van der Waals surface area contributed by atoms with Crippen molar-refractivity contribution in [3.63, 3.8) is 0 Å². The molecule has 10 saturated heterocycles. The van der Waals surface area contributed by atoms with Crippen LogP contribution < -0.4 is 21.7 Å². The van der Waals surface area contributed by atoms with Gasteiger partial charge in [0.25, 0.3) is 5.69 Å². The van der Waals surface area contributed by atoms with Crippen LogP contribution in [0.5, 0.6) is 0 Å². The Bertz CT molecular complexity index is 3320. The molecule has 1 aromatic carbocycles. The lowest BCUT2D eigenvalue weighted by Gasteiger charge is -2.37. The Morgan fingerprint density at radius 1 is 0.433 bits per heavy atom. The van der Waals surface area contributed by atoms with Crippen LogP contribution in [0, 0.1) is 10.1 Å². The van der Waals surface area contributed by atoms with Gasteiger partial charge in [0, 0.05) is 71.5 Å². The number of nitro benzene ring substituents is 1. The number of carbonyl (C=O) groups excluding carboxylic acids is 14. The van der Waals surface area contributed by atoms with E-state index >= 15 is 0 Å². The number of nitrogens with one attached hydrogen (secondary N) is 3. The van der Waals surface area contributed by atoms with Crippen molar-refractivity contribution in [1.29, 1.82) is 0 Å². The molecule has 10 fully saturated rings. The van der Waals surface area contributed by atoms with Crippen molar-refractivity contribution in [3.8, 4) is 0 Å². The molecule has 10 aliphatic rings. The Labute approximate surface area is 561 Å². The smallest absolute Gasteiger partial charge is 0.408 e. The van der Waals surface area contributed by atoms with Gasteiger partial charge < -0.3 is 75.4 Å². The molecule has 11 rings (SSSR count). The van der Waals surface area contributed by atoms with E-state index in [2.05, 4.69) is 16.0 Å². The van der Waals surface area contributed by atoms with Gasteiger partial charge >= 0.3 is 6.09 Å². The molecule has 0 aromatic heterocycles. The number of nitro groups is 1. The lowest BCUT2D eigenvalue weighted by atomic mass is 10.1. The van der Waals surface area contributed by atoms with Gasteiger partial charge in [0.1, 0.15) is 73.1 Å². The van der Waals surface area contributed by atoms with E-state index < -0.39 is 139 Å². The predicted molar refractivity (Wildman–Crippen MR) is 338 cm³/mol. The summed E-state index contributed by atoms with van der Waals surface area (Å²) >= 11 is 0. The van der Waals surface area contributed by atoms with E-state index in [-0.39, 0.29) is 92.5 Å². The average Bonchev–Trinajstić information content (AvgIpc) is 1.67. The molecule has 10 aliphatic heterocycles. The number of nitrogens with two attached hydrogens (primary N) is 1. The Hall–Kier alpha value is -9.00. The molecule has 0 radical (unpaired) electrons. The summed E-state index contributed by atoms with van der Waals surface area (Å²) in [6.45, 7) is 2.57. The van der Waals surface area contributed by atoms with Crippen molar-refractivity contribution < 1.29 is 76.8 Å². The number of amides is 14. The average molecular weight is 1350 g/mol. The number of benzene rings is 1. The van der Waals surface area contributed by atoms with Crippen LogP contribution in [0.1, 0.15) is 141 Å². The first kappa shape index (κ1) is 69.4. The first-order chi connectivity index (χ1) is 46.6. The van der Waals surface area contributed by atoms with Crippen LogP contribution >= 0.6 is 0 Å². The normalized spacial score (nSPS) is 27.4. The lowest BCUT2D eigenvalue weighted by molar-refractivity contribution is -0.385. The van der Waals surface area contributed by atoms with Gasteiger partial charge in [-0.2, -0.15) is 0 Å². The van der Waals surface area contributed by atoms with Crippen molar-refractivity contribution in [2.24, 2.45) is 5.73 Å². The molecule has 5 N–H and O–H groups in total. The van der Waals surface area contributed by atoms with E-state index in [1.165, 1.54) is 60.6 Å². The monoisotopic (exact) mass is 1350 g/mol. The molecule has 0 bridgehead atoms. The van der Waals surface area contributed by atoms with Crippen molar-refractivity contribution in [2.45, 2.75) is 208 Å². The number of carbonyl (C=O) groups is 14. The SMILES string of the molecule is CC(NC(=O)OCc1ccccc1[N+](=O)[O-])C(=O)NCC(=O)NCC(=O)N1CCC[C@H]1C(=O)N1CCC[C@H]1C(=O)N1CCC[C@H]1C(=O)N1CCC[C@H]1C(=O)N1CCC[C@H]1C(=O)N1CCC[C@H]1C(=O)N1CCC[C@H]1C(=O)N1CCC[C@H]1C(=O)N1CCC[C@H]1C(=O)N1CCC[C@H]1C(N)=O. The minimum atomic E-state index is -1.18. The van der Waals surface area contributed by atoms with Gasteiger partial charge in [-0.3, -0.25) is 72.4 Å². The number of nitrogens with zero attached hydrogens (tertiary/aromatic N) is 11. The topological polar surface area (TPSA) is 386 Å². The van der Waals surface area contributed by atoms with Gasteiger partial charge in [-0.25, -0.2) is 4.79 Å². The molecule has 1 aromatic rings. The van der Waals surface area contributed by atoms with Crippen LogP contribution in [0.15, 0.2) is 24.3 Å². The predicted octanol–water partition coefficient (Wildman–Crippen LogP) is -1.16. The van der Waals surface area contributed by atoms with E-state index in [1.54, 1.807) is 19.6 Å². The number of alkyl carbamates (subject to hydrolysis) is 1. The molecule has 10 heterocycles. The third-order valence-electron chi connectivity index (χ3n) is 21.4. The van der Waals surface area contributed by atoms with Crippen LogP contribution in [-0.2, 0) is 73.7 Å². The van der Waals surface area contributed by atoms with Crippen molar-refractivity contribution in [1.82, 2.24) is 64.9 Å². The van der Waals surface area contributed by atoms with Crippen LogP contribution in [-0.4, -0.2) is 282 Å². The Morgan fingerprint density at radius 3 is 1.02 bits per heavy atom. The summed E-state index contributed by atoms with van der Waals surface area (Å²) in [5, 5.41) is 18.4. The van der Waals surface area contributed by atoms with Crippen molar-refractivity contribution in [3.05, 3.63) is 39.9 Å². The summed E-state index contributed by atoms with van der Waals surface area (Å²) < 4.78 is 5.04. The van der Waals surface area contributed by atoms with Crippen LogP contribution in [0.25, 0.3) is 0 Å². The number of likely N-dealkylation sites (tertiary alicyclic amines) is 10. The van der Waals surface area contributed by atoms with Gasteiger partial charge in [-0.1, -0.05) is 12.1 Å². The number of primary amides is 1. The molecule has 97 heavy (non-hydrogen) atoms. The van der Waals surface area contributed by atoms with Crippen LogP contribution in [0.3, 0.4) is 0 Å². The fourth-order valence-electron chi connectivity index (χ4n) is 16.6. The Kier molecular flexibility index (Phi) is 21.6. The standard InChI is InChI=1S/C65H89N15O17/c1-39(69-65(94)97-38-40-14-2-3-15-41(40)80(95)96)55(84)68-36-52(81)67-37-53(82)70-26-5-17-43(70)56(85)72-28-7-19-45(72)58(87)74-30-9-21-47(74)60(89)76-32-11-23-49(76)62(91)78-34-13-25-51(78)64(93)79-35-12-24-50(79)63(92)77-33-10-22-48(77)61(90)75-31-8-20-46(75)59(88)73-29-6-18-44(73)57(86)71-27-4-16-42(71)54(66)83/h2-3,14-15,39,42-51H,4-13,16-38H2,1H3,(H2,66,83)(H,67,81)(H,68,84)(H,69,94)/t39?,42-,43-,44-,45-,46-,47-,48-,49-,50-,51-/m0/s1. The molecular formula is C65H89N15O17. The lowest BCUT2D eigenvalue weighted by Crippen LogP contribution is -2.59. The molecule has 32 heteroatoms. The summed E-state index contributed by atoms with van der Waals surface area (Å²) in [6.07, 6.45) is 7.94. The summed E-state index contributed by atoms with van der Waals surface area (Å²) in [5.74, 6) is -6.00. The molecule has 1 unspecified atom stereocenters. The highest BCUT2D eigenvalue weighted by Crippen LogP contribution is 2.36. The second kappa shape index (κ2) is 30.2. The highest BCUT2D eigenvalue weighted by molar-refractivity contribution is 6.01. The second-order valence-corrected chi connectivity index (χ2v) is 27.2.